The Balaban J connectivity index is 2.71. The van der Waals surface area contributed by atoms with E-state index in [-0.39, 0.29) is 45.3 Å². The Hall–Kier alpha value is -4.72. The first-order valence-electron chi connectivity index (χ1n) is 11.0. The zero-order valence-electron chi connectivity index (χ0n) is 21.5. The predicted molar refractivity (Wildman–Crippen MR) is 138 cm³/mol. The van der Waals surface area contributed by atoms with Gasteiger partial charge in [0, 0.05) is 28.4 Å². The highest BCUT2D eigenvalue weighted by Crippen LogP contribution is 2.39. The van der Waals surface area contributed by atoms with Crippen LogP contribution in [0.2, 0.25) is 0 Å². The van der Waals surface area contributed by atoms with Crippen LogP contribution in [0.25, 0.3) is 11.1 Å². The van der Waals surface area contributed by atoms with Crippen molar-refractivity contribution < 1.29 is 38.1 Å². The van der Waals surface area contributed by atoms with Gasteiger partial charge in [0.2, 0.25) is 0 Å². The molecular formula is C29H28O8. The maximum absolute atomic E-state index is 12.3. The van der Waals surface area contributed by atoms with Gasteiger partial charge in [-0.1, -0.05) is 32.4 Å². The molecule has 0 bridgehead atoms. The lowest BCUT2D eigenvalue weighted by Gasteiger charge is -2.17. The van der Waals surface area contributed by atoms with Gasteiger partial charge in [0.05, 0.1) is 0 Å². The van der Waals surface area contributed by atoms with Crippen molar-refractivity contribution in [3.05, 3.63) is 84.5 Å². The van der Waals surface area contributed by atoms with Crippen molar-refractivity contribution in [1.82, 2.24) is 0 Å². The van der Waals surface area contributed by atoms with Gasteiger partial charge in [-0.3, -0.25) is 0 Å². The molecule has 192 valence electrons. The van der Waals surface area contributed by atoms with Crippen LogP contribution in [-0.4, -0.2) is 23.9 Å². The van der Waals surface area contributed by atoms with Crippen LogP contribution < -0.4 is 18.9 Å². The minimum atomic E-state index is -0.735. The van der Waals surface area contributed by atoms with Gasteiger partial charge < -0.3 is 18.9 Å². The molecule has 37 heavy (non-hydrogen) atoms. The number of rotatable bonds is 9. The fraction of sp³-hybridized carbons (Fsp3) is 0.172. The third kappa shape index (κ3) is 7.38. The summed E-state index contributed by atoms with van der Waals surface area (Å²) in [5.41, 5.74) is 2.06. The molecule has 0 aliphatic rings. The summed E-state index contributed by atoms with van der Waals surface area (Å²) in [6.45, 7) is 21.9. The van der Waals surface area contributed by atoms with Crippen LogP contribution in [-0.2, 0) is 19.2 Å². The topological polar surface area (TPSA) is 105 Å². The first-order valence-corrected chi connectivity index (χ1v) is 11.0. The highest BCUT2D eigenvalue weighted by molar-refractivity contribution is 5.93. The van der Waals surface area contributed by atoms with Crippen LogP contribution in [0.5, 0.6) is 23.0 Å². The van der Waals surface area contributed by atoms with Crippen molar-refractivity contribution in [2.24, 2.45) is 0 Å². The molecule has 8 nitrogen and oxygen atoms in total. The number of ether oxygens (including phenoxy) is 4. The summed E-state index contributed by atoms with van der Waals surface area (Å²) in [6.07, 6.45) is 0. The predicted octanol–water partition coefficient (Wildman–Crippen LogP) is 5.59. The molecule has 0 spiro atoms. The number of esters is 4. The monoisotopic (exact) mass is 504 g/mol. The average molecular weight is 505 g/mol. The molecule has 0 unspecified atom stereocenters. The summed E-state index contributed by atoms with van der Waals surface area (Å²) in [4.78, 5) is 48.8. The third-order valence-corrected chi connectivity index (χ3v) is 4.80. The molecule has 0 atom stereocenters. The summed E-state index contributed by atoms with van der Waals surface area (Å²) in [5.74, 6) is -2.68. The molecule has 0 aliphatic heterocycles. The molecule has 0 radical (unpaired) electrons. The maximum Gasteiger partial charge on any atom is 0.338 e. The molecule has 0 N–H and O–H groups in total. The standard InChI is InChI=1S/C29H28O8/c1-15(2)26(30)34-21-13-22(19(9)24(14-21)36-28(32)17(5)6)20-10-11-23(35-27(31)16(3)4)25(12-20)37-29(33)18(7)8/h10-14H,1,3,5,7H2,2,4,6,8-9H3. The maximum atomic E-state index is 12.3. The summed E-state index contributed by atoms with van der Waals surface area (Å²) in [7, 11) is 0. The van der Waals surface area contributed by atoms with Gasteiger partial charge in [0.1, 0.15) is 11.5 Å². The van der Waals surface area contributed by atoms with Gasteiger partial charge >= 0.3 is 23.9 Å². The van der Waals surface area contributed by atoms with Crippen LogP contribution in [0.15, 0.2) is 78.9 Å². The van der Waals surface area contributed by atoms with E-state index in [2.05, 4.69) is 26.3 Å². The van der Waals surface area contributed by atoms with Gasteiger partial charge in [-0.2, -0.15) is 0 Å². The van der Waals surface area contributed by atoms with Crippen LogP contribution in [0.1, 0.15) is 33.3 Å². The van der Waals surface area contributed by atoms with Gasteiger partial charge in [-0.15, -0.1) is 0 Å². The Morgan fingerprint density at radius 3 is 1.49 bits per heavy atom. The van der Waals surface area contributed by atoms with Crippen LogP contribution in [0.4, 0.5) is 0 Å². The molecule has 8 heteroatoms. The number of carbonyl (C=O) groups is 4. The molecule has 0 saturated carbocycles. The van der Waals surface area contributed by atoms with E-state index in [4.69, 9.17) is 18.9 Å². The first-order chi connectivity index (χ1) is 17.2. The van der Waals surface area contributed by atoms with Crippen molar-refractivity contribution in [2.45, 2.75) is 34.6 Å². The molecule has 2 aromatic carbocycles. The smallest absolute Gasteiger partial charge is 0.338 e. The molecule has 0 aromatic heterocycles. The van der Waals surface area contributed by atoms with Crippen molar-refractivity contribution in [1.29, 1.82) is 0 Å². The summed E-state index contributed by atoms with van der Waals surface area (Å²) in [5, 5.41) is 0. The zero-order valence-corrected chi connectivity index (χ0v) is 21.5. The summed E-state index contributed by atoms with van der Waals surface area (Å²) in [6, 6.07) is 7.43. The number of benzene rings is 2. The van der Waals surface area contributed by atoms with E-state index >= 15 is 0 Å². The molecule has 0 fully saturated rings. The fourth-order valence-electron chi connectivity index (χ4n) is 2.72. The molecule has 2 aromatic rings. The highest BCUT2D eigenvalue weighted by atomic mass is 16.6. The SMILES string of the molecule is C=C(C)C(=O)Oc1cc(OC(=O)C(=C)C)c(C)c(-c2ccc(OC(=O)C(=C)C)c(OC(=O)C(=C)C)c2)c1. The molecule has 0 aliphatic carbocycles. The fourth-order valence-corrected chi connectivity index (χ4v) is 2.72. The summed E-state index contributed by atoms with van der Waals surface area (Å²) >= 11 is 0. The normalized spacial score (nSPS) is 10.1. The highest BCUT2D eigenvalue weighted by Gasteiger charge is 2.20. The quantitative estimate of drug-likeness (QED) is 0.247. The minimum absolute atomic E-state index is 0.0252. The van der Waals surface area contributed by atoms with E-state index in [1.165, 1.54) is 45.9 Å². The van der Waals surface area contributed by atoms with E-state index in [9.17, 15) is 19.2 Å². The van der Waals surface area contributed by atoms with Crippen LogP contribution in [0.3, 0.4) is 0 Å². The lowest BCUT2D eigenvalue weighted by molar-refractivity contribution is -0.132. The van der Waals surface area contributed by atoms with Gasteiger partial charge in [-0.25, -0.2) is 19.2 Å². The van der Waals surface area contributed by atoms with Crippen LogP contribution in [0, 0.1) is 6.92 Å². The van der Waals surface area contributed by atoms with E-state index in [1.54, 1.807) is 19.1 Å². The largest absolute Gasteiger partial charge is 0.423 e. The molecule has 0 saturated heterocycles. The van der Waals surface area contributed by atoms with E-state index < -0.39 is 23.9 Å². The molecule has 2 rings (SSSR count). The number of hydrogen-bond donors (Lipinski definition) is 0. The van der Waals surface area contributed by atoms with Crippen molar-refractivity contribution in [2.75, 3.05) is 0 Å². The van der Waals surface area contributed by atoms with Crippen molar-refractivity contribution >= 4 is 23.9 Å². The summed E-state index contributed by atoms with van der Waals surface area (Å²) < 4.78 is 21.5. The molecular weight excluding hydrogens is 476 g/mol. The third-order valence-electron chi connectivity index (χ3n) is 4.80. The van der Waals surface area contributed by atoms with Crippen LogP contribution >= 0.6 is 0 Å². The Morgan fingerprint density at radius 1 is 0.568 bits per heavy atom. The number of hydrogen-bond acceptors (Lipinski definition) is 8. The lowest BCUT2D eigenvalue weighted by Crippen LogP contribution is -2.13. The second kappa shape index (κ2) is 11.8. The Morgan fingerprint density at radius 2 is 1.00 bits per heavy atom. The average Bonchev–Trinajstić information content (AvgIpc) is 2.81. The lowest BCUT2D eigenvalue weighted by atomic mass is 9.98. The molecule has 0 heterocycles. The van der Waals surface area contributed by atoms with Crippen molar-refractivity contribution in [3.63, 3.8) is 0 Å². The Bertz CT molecular complexity index is 1360. The Labute approximate surface area is 215 Å². The molecule has 0 amide bonds. The van der Waals surface area contributed by atoms with Gasteiger partial charge in [-0.05, 0) is 69.5 Å². The van der Waals surface area contributed by atoms with Gasteiger partial charge in [0.25, 0.3) is 0 Å². The van der Waals surface area contributed by atoms with Crippen molar-refractivity contribution in [3.8, 4) is 34.1 Å². The van der Waals surface area contributed by atoms with E-state index in [0.717, 1.165) is 0 Å². The second-order valence-electron chi connectivity index (χ2n) is 8.43. The van der Waals surface area contributed by atoms with E-state index in [1.807, 2.05) is 0 Å². The van der Waals surface area contributed by atoms with E-state index in [0.29, 0.717) is 16.7 Å². The second-order valence-corrected chi connectivity index (χ2v) is 8.43. The Kier molecular flexibility index (Phi) is 9.10. The zero-order chi connectivity index (χ0) is 28.0. The van der Waals surface area contributed by atoms with Gasteiger partial charge in [0.15, 0.2) is 11.5 Å². The minimum Gasteiger partial charge on any atom is -0.423 e. The first kappa shape index (κ1) is 28.5. The number of carbonyl (C=O) groups excluding carboxylic acids is 4.